The molecular formula is C26H24BrCl2N3O5S. The van der Waals surface area contributed by atoms with E-state index in [1.807, 2.05) is 19.1 Å². The van der Waals surface area contributed by atoms with Gasteiger partial charge in [-0.2, -0.15) is 0 Å². The average molecular weight is 641 g/mol. The van der Waals surface area contributed by atoms with Crippen molar-refractivity contribution in [1.82, 2.24) is 9.80 Å². The Morgan fingerprint density at radius 3 is 2.24 bits per heavy atom. The number of nitrogens with one attached hydrogen (secondary N) is 1. The van der Waals surface area contributed by atoms with Crippen LogP contribution in [0.5, 0.6) is 5.75 Å². The molecule has 200 valence electrons. The minimum Gasteiger partial charge on any atom is -0.484 e. The van der Waals surface area contributed by atoms with E-state index < -0.39 is 15.9 Å². The predicted molar refractivity (Wildman–Crippen MR) is 151 cm³/mol. The molecule has 12 heteroatoms. The molecule has 0 saturated carbocycles. The lowest BCUT2D eigenvalue weighted by molar-refractivity contribution is -0.134. The SMILES string of the molecule is Cc1ccc(NS(=O)(=O)c2ccc(Cl)c(C(=O)N3CCN(C(=O)COc4ccc(Br)cc4)CC3)c2)cc1Cl. The molecule has 38 heavy (non-hydrogen) atoms. The van der Waals surface area contributed by atoms with E-state index in [1.54, 1.807) is 34.1 Å². The fraction of sp³-hybridized carbons (Fsp3) is 0.231. The lowest BCUT2D eigenvalue weighted by Crippen LogP contribution is -2.51. The first-order valence-corrected chi connectivity index (χ1v) is 14.6. The standard InChI is InChI=1S/C26H24BrCl2N3O5S/c1-17-2-5-19(14-24(17)29)30-38(35,36)21-8-9-23(28)22(15-21)26(34)32-12-10-31(11-13-32)25(33)16-37-20-6-3-18(27)4-7-20/h2-9,14-15,30H,10-13,16H2,1H3. The molecule has 3 aromatic carbocycles. The molecule has 1 aliphatic rings. The monoisotopic (exact) mass is 639 g/mol. The van der Waals surface area contributed by atoms with Gasteiger partial charge in [-0.15, -0.1) is 0 Å². The summed E-state index contributed by atoms with van der Waals surface area (Å²) in [6, 6.07) is 16.0. The van der Waals surface area contributed by atoms with Crippen LogP contribution >= 0.6 is 39.1 Å². The third-order valence-electron chi connectivity index (χ3n) is 6.00. The van der Waals surface area contributed by atoms with Gasteiger partial charge in [0.05, 0.1) is 21.2 Å². The molecule has 0 atom stereocenters. The van der Waals surface area contributed by atoms with Crippen LogP contribution in [0, 0.1) is 6.92 Å². The topological polar surface area (TPSA) is 96.0 Å². The Balaban J connectivity index is 1.39. The van der Waals surface area contributed by atoms with Crippen molar-refractivity contribution >= 4 is 66.7 Å². The third-order valence-corrected chi connectivity index (χ3v) is 8.64. The van der Waals surface area contributed by atoms with Crippen LogP contribution in [0.4, 0.5) is 5.69 Å². The Bertz CT molecular complexity index is 1460. The number of anilines is 1. The summed E-state index contributed by atoms with van der Waals surface area (Å²) in [6.45, 7) is 2.89. The van der Waals surface area contributed by atoms with Crippen molar-refractivity contribution in [2.75, 3.05) is 37.5 Å². The maximum absolute atomic E-state index is 13.2. The second-order valence-electron chi connectivity index (χ2n) is 8.63. The van der Waals surface area contributed by atoms with Crippen LogP contribution in [0.1, 0.15) is 15.9 Å². The molecule has 1 fully saturated rings. The van der Waals surface area contributed by atoms with Crippen molar-refractivity contribution in [3.05, 3.63) is 86.3 Å². The number of ether oxygens (including phenoxy) is 1. The number of amides is 2. The van der Waals surface area contributed by atoms with Gasteiger partial charge >= 0.3 is 0 Å². The Hall–Kier alpha value is -2.79. The fourth-order valence-corrected chi connectivity index (χ4v) is 5.52. The Morgan fingerprint density at radius 1 is 0.921 bits per heavy atom. The maximum atomic E-state index is 13.2. The summed E-state index contributed by atoms with van der Waals surface area (Å²) >= 11 is 15.7. The number of benzene rings is 3. The number of rotatable bonds is 7. The van der Waals surface area contributed by atoms with Crippen LogP contribution in [-0.2, 0) is 14.8 Å². The zero-order valence-electron chi connectivity index (χ0n) is 20.3. The second kappa shape index (κ2) is 11.9. The zero-order chi connectivity index (χ0) is 27.4. The first-order valence-electron chi connectivity index (χ1n) is 11.6. The van der Waals surface area contributed by atoms with Crippen molar-refractivity contribution in [2.24, 2.45) is 0 Å². The van der Waals surface area contributed by atoms with Gasteiger partial charge in [0.15, 0.2) is 6.61 Å². The smallest absolute Gasteiger partial charge is 0.261 e. The van der Waals surface area contributed by atoms with Crippen molar-refractivity contribution in [1.29, 1.82) is 0 Å². The number of nitrogens with zero attached hydrogens (tertiary/aromatic N) is 2. The molecule has 8 nitrogen and oxygen atoms in total. The average Bonchev–Trinajstić information content (AvgIpc) is 2.90. The minimum atomic E-state index is -4.01. The summed E-state index contributed by atoms with van der Waals surface area (Å²) in [6.07, 6.45) is 0. The van der Waals surface area contributed by atoms with Gasteiger partial charge in [0.2, 0.25) is 0 Å². The van der Waals surface area contributed by atoms with Gasteiger partial charge in [0.1, 0.15) is 5.75 Å². The highest BCUT2D eigenvalue weighted by molar-refractivity contribution is 9.10. The molecule has 1 saturated heterocycles. The van der Waals surface area contributed by atoms with Crippen LogP contribution in [0.25, 0.3) is 0 Å². The second-order valence-corrected chi connectivity index (χ2v) is 12.0. The van der Waals surface area contributed by atoms with E-state index in [0.717, 1.165) is 10.0 Å². The highest BCUT2D eigenvalue weighted by Crippen LogP contribution is 2.26. The van der Waals surface area contributed by atoms with E-state index in [9.17, 15) is 18.0 Å². The van der Waals surface area contributed by atoms with Crippen molar-refractivity contribution in [3.8, 4) is 5.75 Å². The first kappa shape index (κ1) is 28.2. The lowest BCUT2D eigenvalue weighted by atomic mass is 10.1. The lowest BCUT2D eigenvalue weighted by Gasteiger charge is -2.35. The van der Waals surface area contributed by atoms with E-state index in [-0.39, 0.29) is 41.1 Å². The first-order chi connectivity index (χ1) is 18.0. The molecule has 4 rings (SSSR count). The fourth-order valence-electron chi connectivity index (χ4n) is 3.80. The van der Waals surface area contributed by atoms with Crippen molar-refractivity contribution in [2.45, 2.75) is 11.8 Å². The van der Waals surface area contributed by atoms with E-state index >= 15 is 0 Å². The molecule has 3 aromatic rings. The number of carbonyl (C=O) groups is 2. The Labute approximate surface area is 239 Å². The number of sulfonamides is 1. The molecule has 1 N–H and O–H groups in total. The molecule has 0 unspecified atom stereocenters. The van der Waals surface area contributed by atoms with E-state index in [2.05, 4.69) is 20.7 Å². The van der Waals surface area contributed by atoms with Gasteiger partial charge in [-0.3, -0.25) is 14.3 Å². The summed E-state index contributed by atoms with van der Waals surface area (Å²) < 4.78 is 34.9. The molecule has 0 aliphatic carbocycles. The van der Waals surface area contributed by atoms with Gasteiger partial charge in [-0.05, 0) is 67.1 Å². The molecule has 0 radical (unpaired) electrons. The Kier molecular flexibility index (Phi) is 8.87. The largest absolute Gasteiger partial charge is 0.484 e. The number of aryl methyl sites for hydroxylation is 1. The molecular weight excluding hydrogens is 617 g/mol. The van der Waals surface area contributed by atoms with Gasteiger partial charge in [0, 0.05) is 35.7 Å². The summed E-state index contributed by atoms with van der Waals surface area (Å²) in [4.78, 5) is 28.9. The maximum Gasteiger partial charge on any atom is 0.261 e. The third kappa shape index (κ3) is 6.79. The van der Waals surface area contributed by atoms with Crippen LogP contribution in [-0.4, -0.2) is 62.8 Å². The molecule has 2 amide bonds. The molecule has 0 aromatic heterocycles. The summed E-state index contributed by atoms with van der Waals surface area (Å²) in [5.74, 6) is -0.0168. The van der Waals surface area contributed by atoms with Crippen LogP contribution in [0.2, 0.25) is 10.0 Å². The summed E-state index contributed by atoms with van der Waals surface area (Å²) in [5, 5.41) is 0.559. The van der Waals surface area contributed by atoms with E-state index in [4.69, 9.17) is 27.9 Å². The van der Waals surface area contributed by atoms with Crippen LogP contribution in [0.3, 0.4) is 0 Å². The van der Waals surface area contributed by atoms with Crippen LogP contribution < -0.4 is 9.46 Å². The van der Waals surface area contributed by atoms with E-state index in [0.29, 0.717) is 29.5 Å². The van der Waals surface area contributed by atoms with Gasteiger partial charge < -0.3 is 14.5 Å². The molecule has 1 heterocycles. The van der Waals surface area contributed by atoms with Gasteiger partial charge in [0.25, 0.3) is 21.8 Å². The summed E-state index contributed by atoms with van der Waals surface area (Å²) in [5.41, 5.74) is 1.18. The summed E-state index contributed by atoms with van der Waals surface area (Å²) in [7, 11) is -4.01. The number of piperazine rings is 1. The highest BCUT2D eigenvalue weighted by atomic mass is 79.9. The normalized spacial score (nSPS) is 13.8. The number of carbonyl (C=O) groups excluding carboxylic acids is 2. The Morgan fingerprint density at radius 2 is 1.58 bits per heavy atom. The van der Waals surface area contributed by atoms with Crippen molar-refractivity contribution in [3.63, 3.8) is 0 Å². The number of hydrogen-bond acceptors (Lipinski definition) is 5. The van der Waals surface area contributed by atoms with E-state index in [1.165, 1.54) is 24.3 Å². The van der Waals surface area contributed by atoms with Crippen molar-refractivity contribution < 1.29 is 22.7 Å². The molecule has 0 bridgehead atoms. The zero-order valence-corrected chi connectivity index (χ0v) is 24.2. The van der Waals surface area contributed by atoms with Gasteiger partial charge in [-0.25, -0.2) is 8.42 Å². The quantitative estimate of drug-likeness (QED) is 0.382. The van der Waals surface area contributed by atoms with Crippen LogP contribution in [0.15, 0.2) is 70.0 Å². The molecule has 1 aliphatic heterocycles. The number of halogens is 3. The molecule has 0 spiro atoms. The highest BCUT2D eigenvalue weighted by Gasteiger charge is 2.27. The number of hydrogen-bond donors (Lipinski definition) is 1. The van der Waals surface area contributed by atoms with Gasteiger partial charge in [-0.1, -0.05) is 45.2 Å². The minimum absolute atomic E-state index is 0.0647. The predicted octanol–water partition coefficient (Wildman–Crippen LogP) is 5.23.